The average molecular weight is 216 g/mol. The summed E-state index contributed by atoms with van der Waals surface area (Å²) in [5.74, 6) is 0. The van der Waals surface area contributed by atoms with Crippen LogP contribution in [-0.4, -0.2) is 0 Å². The Morgan fingerprint density at radius 3 is 0.615 bits per heavy atom. The molecule has 0 aliphatic carbocycles. The Morgan fingerprint density at radius 2 is 0.615 bits per heavy atom. The molecule has 10 heterocycles. The summed E-state index contributed by atoms with van der Waals surface area (Å²) in [6.45, 7) is 1.72. The van der Waals surface area contributed by atoms with Crippen LogP contribution in [0.15, 0.2) is 0 Å². The van der Waals surface area contributed by atoms with Gasteiger partial charge < -0.3 is 0 Å². The Balaban J connectivity index is 0.000000212. The molecule has 0 radical (unpaired) electrons. The van der Waals surface area contributed by atoms with Crippen LogP contribution in [0.2, 0.25) is 48.2 Å². The van der Waals surface area contributed by atoms with Gasteiger partial charge in [-0.3, -0.25) is 0 Å². The van der Waals surface area contributed by atoms with E-state index in [1.165, 1.54) is 0 Å². The summed E-state index contributed by atoms with van der Waals surface area (Å²) >= 11 is 0. The molecule has 72 valence electrons. The standard InChI is InChI=1S/2C5H5.C2H6.Fe/c2*1-2-4-5-3-1;1-2;/h2*1-5H;1-2H3;. The normalized spacial score (nSPS) is 145. The van der Waals surface area contributed by atoms with Gasteiger partial charge in [0.15, 0.2) is 0 Å². The van der Waals surface area contributed by atoms with E-state index in [2.05, 4.69) is 0 Å². The van der Waals surface area contributed by atoms with Gasteiger partial charge in [-0.2, -0.15) is 0 Å². The molecular formula is C12H16Fe. The topological polar surface area (TPSA) is 0 Å². The second-order valence-electron chi connectivity index (χ2n) is 9.58. The van der Waals surface area contributed by atoms with E-state index in [9.17, 15) is 0 Å². The molecule has 0 nitrogen and oxygen atoms in total. The van der Waals surface area contributed by atoms with Crippen molar-refractivity contribution in [3.63, 3.8) is 0 Å². The molecular weight excluding hydrogens is 200 g/mol. The van der Waals surface area contributed by atoms with E-state index in [-0.39, 0.29) is 0 Å². The number of rotatable bonds is 0. The molecule has 10 aliphatic heterocycles. The molecule has 10 fully saturated rings. The first-order valence-corrected chi connectivity index (χ1v) is 12.7. The predicted octanol–water partition coefficient (Wildman–Crippen LogP) is 4.40. The molecule has 0 aromatic rings. The van der Waals surface area contributed by atoms with Crippen LogP contribution in [0.4, 0.5) is 0 Å². The van der Waals surface area contributed by atoms with Crippen LogP contribution in [0.3, 0.4) is 0 Å². The van der Waals surface area contributed by atoms with Gasteiger partial charge in [-0.1, -0.05) is 13.8 Å². The molecule has 0 aromatic carbocycles. The van der Waals surface area contributed by atoms with Gasteiger partial charge in [-0.15, -0.1) is 0 Å². The maximum atomic E-state index is 2.00. The Labute approximate surface area is 68.7 Å². The van der Waals surface area contributed by atoms with E-state index in [0.29, 0.717) is 0 Å². The number of hydrogen-bond donors (Lipinski definition) is 0. The summed E-state index contributed by atoms with van der Waals surface area (Å²) < 4.78 is 0. The molecule has 0 bridgehead atoms. The van der Waals surface area contributed by atoms with Crippen molar-refractivity contribution >= 4 is 0 Å². The van der Waals surface area contributed by atoms with Crippen molar-refractivity contribution in [1.29, 1.82) is 0 Å². The van der Waals surface area contributed by atoms with E-state index in [1.54, 1.807) is 48.2 Å². The van der Waals surface area contributed by atoms with E-state index >= 15 is 0 Å². The molecule has 13 heavy (non-hydrogen) atoms. The first-order chi connectivity index (χ1) is 6.16. The molecule has 0 atom stereocenters. The molecule has 0 aromatic heterocycles. The quantitative estimate of drug-likeness (QED) is 0.526. The van der Waals surface area contributed by atoms with E-state index in [4.69, 9.17) is 0 Å². The minimum atomic E-state index is -2.28. The van der Waals surface area contributed by atoms with E-state index < -0.39 is 6.51 Å². The van der Waals surface area contributed by atoms with Crippen molar-refractivity contribution in [2.24, 2.45) is 0 Å². The average Bonchev–Trinajstić information content (AvgIpc) is 3.15. The molecule has 10 rings (SSSR count). The summed E-state index contributed by atoms with van der Waals surface area (Å²) in [5.41, 5.74) is 0. The minimum absolute atomic E-state index is 1.59. The van der Waals surface area contributed by atoms with Crippen molar-refractivity contribution < 1.29 is 6.51 Å². The van der Waals surface area contributed by atoms with Crippen LogP contribution in [0.1, 0.15) is 13.8 Å². The molecule has 0 saturated carbocycles. The monoisotopic (exact) mass is 216 g/mol. The Bertz CT molecular complexity index is 573. The van der Waals surface area contributed by atoms with Crippen LogP contribution < -0.4 is 0 Å². The van der Waals surface area contributed by atoms with Crippen molar-refractivity contribution in [3.05, 3.63) is 0 Å². The van der Waals surface area contributed by atoms with Gasteiger partial charge in [0.1, 0.15) is 0 Å². The van der Waals surface area contributed by atoms with E-state index in [0.717, 1.165) is 0 Å². The van der Waals surface area contributed by atoms with Crippen LogP contribution >= 0.6 is 0 Å². The molecule has 0 unspecified atom stereocenters. The Hall–Kier alpha value is 0.519. The van der Waals surface area contributed by atoms with Crippen molar-refractivity contribution in [2.45, 2.75) is 62.0 Å². The predicted molar refractivity (Wildman–Crippen MR) is 48.8 cm³/mol. The number of hydrogen-bond acceptors (Lipinski definition) is 0. The third kappa shape index (κ3) is 0.0345. The molecule has 1 heteroatoms. The number of fused-ring (bicyclic) bond motifs is 10. The molecule has 10 aliphatic rings. The van der Waals surface area contributed by atoms with Gasteiger partial charge in [0.05, 0.1) is 0 Å². The summed E-state index contributed by atoms with van der Waals surface area (Å²) in [6, 6.07) is 0. The maximum absolute atomic E-state index is 2.28. The summed E-state index contributed by atoms with van der Waals surface area (Å²) in [5, 5.41) is 0. The second-order valence-corrected chi connectivity index (χ2v) is 33.5. The molecule has 1 spiro atoms. The first kappa shape index (κ1) is 4.58. The zero-order chi connectivity index (χ0) is 8.09. The first-order valence-electron chi connectivity index (χ1n) is 6.37. The van der Waals surface area contributed by atoms with Gasteiger partial charge in [0, 0.05) is 0 Å². The summed E-state index contributed by atoms with van der Waals surface area (Å²) in [6.07, 6.45) is 0. The Morgan fingerprint density at radius 1 is 0.462 bits per heavy atom. The van der Waals surface area contributed by atoms with Crippen molar-refractivity contribution in [3.8, 4) is 0 Å². The summed E-state index contributed by atoms with van der Waals surface area (Å²) in [7, 11) is 0. The molecule has 0 amide bonds. The fourth-order valence-electron chi connectivity index (χ4n) is 15.8. The van der Waals surface area contributed by atoms with Crippen molar-refractivity contribution in [1.82, 2.24) is 0 Å². The second kappa shape index (κ2) is 0.291. The van der Waals surface area contributed by atoms with Gasteiger partial charge in [-0.25, -0.2) is 0 Å². The van der Waals surface area contributed by atoms with Gasteiger partial charge in [-0.05, 0) is 0 Å². The van der Waals surface area contributed by atoms with Gasteiger partial charge in [0.25, 0.3) is 0 Å². The van der Waals surface area contributed by atoms with Crippen LogP contribution in [0.5, 0.6) is 0 Å². The van der Waals surface area contributed by atoms with Gasteiger partial charge >= 0.3 is 54.7 Å². The fraction of sp³-hybridized carbons (Fsp3) is 1.00. The zero-order valence-electron chi connectivity index (χ0n) is 8.13. The SMILES string of the molecule is CC.[CH]12[CH]3[CH]4[CH]5[CH]1[Fe]23451678[CH]2[CH]1[CH]6[CH]7[CH]28. The molecule has 0 N–H and O–H groups in total. The zero-order valence-corrected chi connectivity index (χ0v) is 9.23. The third-order valence-electron chi connectivity index (χ3n) is 14.5. The Kier molecular flexibility index (Phi) is 0.103. The van der Waals surface area contributed by atoms with Crippen LogP contribution in [0.25, 0.3) is 0 Å². The van der Waals surface area contributed by atoms with Crippen molar-refractivity contribution in [2.75, 3.05) is 0 Å². The third-order valence-corrected chi connectivity index (χ3v) is 56.5. The van der Waals surface area contributed by atoms with Gasteiger partial charge in [0.2, 0.25) is 0 Å². The fourth-order valence-corrected chi connectivity index (χ4v) is 88.0. The summed E-state index contributed by atoms with van der Waals surface area (Å²) in [4.78, 5) is 15.9. The van der Waals surface area contributed by atoms with Crippen LogP contribution in [-0.2, 0) is 6.51 Å². The molecule has 10 saturated heterocycles. The van der Waals surface area contributed by atoms with E-state index in [1.807, 2.05) is 13.8 Å². The van der Waals surface area contributed by atoms with Crippen LogP contribution in [0, 0.1) is 0 Å².